The summed E-state index contributed by atoms with van der Waals surface area (Å²) in [5.74, 6) is 0.336. The molecule has 0 bridgehead atoms. The van der Waals surface area contributed by atoms with Gasteiger partial charge in [0.15, 0.2) is 0 Å². The molecule has 0 aliphatic heterocycles. The van der Waals surface area contributed by atoms with Crippen molar-refractivity contribution in [1.82, 2.24) is 10.3 Å². The molecule has 0 atom stereocenters. The van der Waals surface area contributed by atoms with Crippen LogP contribution in [0.4, 0.5) is 25.4 Å². The van der Waals surface area contributed by atoms with Crippen LogP contribution in [-0.4, -0.2) is 30.3 Å². The van der Waals surface area contributed by atoms with Gasteiger partial charge in [0, 0.05) is 29.8 Å². The minimum Gasteiger partial charge on any atom is -0.494 e. The lowest BCUT2D eigenvalue weighted by atomic mass is 10.1. The van der Waals surface area contributed by atoms with Gasteiger partial charge in [-0.05, 0) is 42.7 Å². The summed E-state index contributed by atoms with van der Waals surface area (Å²) in [6, 6.07) is 18.1. The fourth-order valence-electron chi connectivity index (χ4n) is 3.73. The molecule has 5 rings (SSSR count). The number of rotatable bonds is 8. The molecule has 3 N–H and O–H groups in total. The quantitative estimate of drug-likeness (QED) is 0.257. The van der Waals surface area contributed by atoms with E-state index in [0.717, 1.165) is 18.4 Å². The molecule has 1 aliphatic rings. The van der Waals surface area contributed by atoms with E-state index in [1.165, 1.54) is 19.2 Å². The second-order valence-electron chi connectivity index (χ2n) is 8.68. The van der Waals surface area contributed by atoms with Crippen LogP contribution in [0.5, 0.6) is 17.2 Å². The second-order valence-corrected chi connectivity index (χ2v) is 8.68. The minimum atomic E-state index is -0.659. The molecular weight excluding hydrogens is 491 g/mol. The van der Waals surface area contributed by atoms with E-state index in [2.05, 4.69) is 20.9 Å². The number of hydrogen-bond acceptors (Lipinski definition) is 6. The number of methoxy groups -OCH3 is 1. The number of nitrogens with one attached hydrogen (secondary N) is 3. The third-order valence-corrected chi connectivity index (χ3v) is 5.80. The summed E-state index contributed by atoms with van der Waals surface area (Å²) < 4.78 is 31.4. The van der Waals surface area contributed by atoms with E-state index < -0.39 is 17.9 Å². The van der Waals surface area contributed by atoms with Crippen molar-refractivity contribution < 1.29 is 28.2 Å². The molecule has 3 amide bonds. The molecule has 1 heterocycles. The molecule has 1 aliphatic carbocycles. The zero-order valence-electron chi connectivity index (χ0n) is 20.5. The third kappa shape index (κ3) is 6.09. The normalized spacial score (nSPS) is 12.5. The SMILES string of the molecule is COc1cc2nccc(Oc3ccc(NC(=O)NC4CC4)c(F)c3)c2cc1NC(=O)OCc1ccccc1. The van der Waals surface area contributed by atoms with Gasteiger partial charge >= 0.3 is 12.1 Å². The van der Waals surface area contributed by atoms with Crippen LogP contribution in [0.2, 0.25) is 0 Å². The molecule has 10 heteroatoms. The molecule has 1 fully saturated rings. The molecule has 4 aromatic rings. The number of aromatic nitrogens is 1. The maximum atomic E-state index is 14.7. The number of ether oxygens (including phenoxy) is 3. The first-order chi connectivity index (χ1) is 18.5. The minimum absolute atomic E-state index is 0.0420. The lowest BCUT2D eigenvalue weighted by molar-refractivity contribution is 0.155. The average Bonchev–Trinajstić information content (AvgIpc) is 3.73. The van der Waals surface area contributed by atoms with Crippen LogP contribution in [0.15, 0.2) is 72.9 Å². The van der Waals surface area contributed by atoms with Crippen LogP contribution >= 0.6 is 0 Å². The summed E-state index contributed by atoms with van der Waals surface area (Å²) in [6.45, 7) is 0.108. The van der Waals surface area contributed by atoms with Gasteiger partial charge in [-0.3, -0.25) is 10.3 Å². The first kappa shape index (κ1) is 24.8. The number of hydrogen-bond donors (Lipinski definition) is 3. The molecule has 3 aromatic carbocycles. The van der Waals surface area contributed by atoms with E-state index in [1.807, 2.05) is 30.3 Å². The van der Waals surface area contributed by atoms with Crippen molar-refractivity contribution in [2.24, 2.45) is 0 Å². The topological polar surface area (TPSA) is 111 Å². The number of anilines is 2. The van der Waals surface area contributed by atoms with E-state index in [1.54, 1.807) is 30.5 Å². The Morgan fingerprint density at radius 3 is 2.53 bits per heavy atom. The van der Waals surface area contributed by atoms with Gasteiger partial charge in [0.1, 0.15) is 29.7 Å². The highest BCUT2D eigenvalue weighted by Gasteiger charge is 2.23. The van der Waals surface area contributed by atoms with E-state index in [-0.39, 0.29) is 24.1 Å². The van der Waals surface area contributed by atoms with Crippen LogP contribution in [0, 0.1) is 5.82 Å². The Labute approximate surface area is 217 Å². The third-order valence-electron chi connectivity index (χ3n) is 5.80. The largest absolute Gasteiger partial charge is 0.494 e. The lowest BCUT2D eigenvalue weighted by Crippen LogP contribution is -2.30. The van der Waals surface area contributed by atoms with Gasteiger partial charge in [0.05, 0.1) is 24.0 Å². The average molecular weight is 517 g/mol. The van der Waals surface area contributed by atoms with Gasteiger partial charge in [-0.15, -0.1) is 0 Å². The van der Waals surface area contributed by atoms with Crippen molar-refractivity contribution in [3.63, 3.8) is 0 Å². The molecule has 0 saturated heterocycles. The molecule has 9 nitrogen and oxygen atoms in total. The summed E-state index contributed by atoms with van der Waals surface area (Å²) in [7, 11) is 1.48. The zero-order chi connectivity index (χ0) is 26.5. The number of halogens is 1. The van der Waals surface area contributed by atoms with E-state index in [4.69, 9.17) is 14.2 Å². The van der Waals surface area contributed by atoms with Crippen LogP contribution in [0.25, 0.3) is 10.9 Å². The summed E-state index contributed by atoms with van der Waals surface area (Å²) in [4.78, 5) is 28.7. The van der Waals surface area contributed by atoms with Gasteiger partial charge in [0.2, 0.25) is 0 Å². The van der Waals surface area contributed by atoms with Gasteiger partial charge in [0.25, 0.3) is 0 Å². The fourth-order valence-corrected chi connectivity index (χ4v) is 3.73. The summed E-state index contributed by atoms with van der Waals surface area (Å²) in [5, 5.41) is 8.49. The summed E-state index contributed by atoms with van der Waals surface area (Å²) in [5.41, 5.74) is 1.78. The van der Waals surface area contributed by atoms with E-state index in [9.17, 15) is 14.0 Å². The molecule has 194 valence electrons. The maximum Gasteiger partial charge on any atom is 0.412 e. The van der Waals surface area contributed by atoms with Crippen LogP contribution in [0.3, 0.4) is 0 Å². The van der Waals surface area contributed by atoms with Gasteiger partial charge in [-0.1, -0.05) is 30.3 Å². The highest BCUT2D eigenvalue weighted by molar-refractivity contribution is 5.95. The van der Waals surface area contributed by atoms with Crippen molar-refractivity contribution in [3.8, 4) is 17.2 Å². The first-order valence-electron chi connectivity index (χ1n) is 12.0. The van der Waals surface area contributed by atoms with Crippen LogP contribution in [0.1, 0.15) is 18.4 Å². The zero-order valence-corrected chi connectivity index (χ0v) is 20.5. The Morgan fingerprint density at radius 2 is 1.79 bits per heavy atom. The Hall–Kier alpha value is -4.86. The van der Waals surface area contributed by atoms with Gasteiger partial charge in [-0.2, -0.15) is 0 Å². The highest BCUT2D eigenvalue weighted by Crippen LogP contribution is 2.36. The number of amides is 3. The number of pyridine rings is 1. The number of nitrogens with zero attached hydrogens (tertiary/aromatic N) is 1. The Bertz CT molecular complexity index is 1480. The number of carbonyl (C=O) groups excluding carboxylic acids is 2. The van der Waals surface area contributed by atoms with Crippen LogP contribution in [-0.2, 0) is 11.3 Å². The number of urea groups is 1. The number of fused-ring (bicyclic) bond motifs is 1. The Balaban J connectivity index is 1.33. The predicted molar refractivity (Wildman–Crippen MR) is 140 cm³/mol. The second kappa shape index (κ2) is 11.0. The lowest BCUT2D eigenvalue weighted by Gasteiger charge is -2.14. The van der Waals surface area contributed by atoms with Gasteiger partial charge in [-0.25, -0.2) is 14.0 Å². The Morgan fingerprint density at radius 1 is 0.974 bits per heavy atom. The molecule has 1 saturated carbocycles. The van der Waals surface area contributed by atoms with Gasteiger partial charge < -0.3 is 24.8 Å². The molecule has 38 heavy (non-hydrogen) atoms. The summed E-state index contributed by atoms with van der Waals surface area (Å²) >= 11 is 0. The monoisotopic (exact) mass is 516 g/mol. The van der Waals surface area contributed by atoms with Crippen LogP contribution < -0.4 is 25.4 Å². The van der Waals surface area contributed by atoms with Crippen molar-refractivity contribution in [1.29, 1.82) is 0 Å². The highest BCUT2D eigenvalue weighted by atomic mass is 19.1. The first-order valence-corrected chi connectivity index (χ1v) is 12.0. The van der Waals surface area contributed by atoms with E-state index >= 15 is 0 Å². The Kier molecular flexibility index (Phi) is 7.21. The molecule has 0 unspecified atom stereocenters. The smallest absolute Gasteiger partial charge is 0.412 e. The molecule has 1 aromatic heterocycles. The standard InChI is InChI=1S/C28H25FN4O5/c1-36-26-15-23-20(14-24(26)33-28(35)37-16-17-5-3-2-4-6-17)25(11-12-30-23)38-19-9-10-22(21(29)13-19)32-27(34)31-18-7-8-18/h2-6,9-15,18H,7-8,16H2,1H3,(H,33,35)(H2,31,32,34). The van der Waals surface area contributed by atoms with Crippen molar-refractivity contribution in [2.45, 2.75) is 25.5 Å². The maximum absolute atomic E-state index is 14.7. The molecular formula is C28H25FN4O5. The van der Waals surface area contributed by atoms with Crippen molar-refractivity contribution in [3.05, 3.63) is 84.3 Å². The van der Waals surface area contributed by atoms with Crippen molar-refractivity contribution >= 4 is 34.4 Å². The number of carbonyl (C=O) groups is 2. The number of benzene rings is 3. The molecule has 0 radical (unpaired) electrons. The van der Waals surface area contributed by atoms with E-state index in [0.29, 0.717) is 28.1 Å². The predicted octanol–water partition coefficient (Wildman–Crippen LogP) is 6.21. The van der Waals surface area contributed by atoms with Crippen molar-refractivity contribution in [2.75, 3.05) is 17.7 Å². The summed E-state index contributed by atoms with van der Waals surface area (Å²) in [6.07, 6.45) is 2.75. The molecule has 0 spiro atoms. The fraction of sp³-hybridized carbons (Fsp3) is 0.179.